The second kappa shape index (κ2) is 8.57. The summed E-state index contributed by atoms with van der Waals surface area (Å²) >= 11 is 0. The molecule has 1 aliphatic rings. The fraction of sp³-hybridized carbons (Fsp3) is 0.833. The molecule has 3 nitrogen and oxygen atoms in total. The van der Waals surface area contributed by atoms with Crippen LogP contribution < -0.4 is 5.32 Å². The number of nitrogens with zero attached hydrogens (tertiary/aromatic N) is 2. The lowest BCUT2D eigenvalue weighted by Crippen LogP contribution is -2.30. The molecule has 0 amide bonds. The Morgan fingerprint density at radius 2 is 1.95 bits per heavy atom. The normalized spacial score (nSPS) is 24.1. The number of nitrogens with one attached hydrogen (secondary N) is 1. The third-order valence-corrected chi connectivity index (χ3v) is 4.95. The first kappa shape index (κ1) is 16.5. The summed E-state index contributed by atoms with van der Waals surface area (Å²) in [5, 5.41) is 8.24. The smallest absolute Gasteiger partial charge is 0.0537 e. The third-order valence-electron chi connectivity index (χ3n) is 4.95. The van der Waals surface area contributed by atoms with Gasteiger partial charge in [0.25, 0.3) is 0 Å². The van der Waals surface area contributed by atoms with E-state index in [0.717, 1.165) is 31.3 Å². The highest BCUT2D eigenvalue weighted by Crippen LogP contribution is 2.38. The van der Waals surface area contributed by atoms with Crippen molar-refractivity contribution in [1.82, 2.24) is 15.1 Å². The fourth-order valence-corrected chi connectivity index (χ4v) is 3.89. The van der Waals surface area contributed by atoms with E-state index in [4.69, 9.17) is 0 Å². The molecule has 21 heavy (non-hydrogen) atoms. The van der Waals surface area contributed by atoms with Gasteiger partial charge in [0.15, 0.2) is 0 Å². The standard InChI is InChI=1S/C18H33N3/c1-4-7-15-8-10-16(11-9-15)18(19-6-3)17-13-20-21(14-17)12-5-2/h13-16,18-19H,4-12H2,1-3H3. The first-order valence-electron chi connectivity index (χ1n) is 9.04. The number of aryl methyl sites for hydroxylation is 1. The zero-order valence-corrected chi connectivity index (χ0v) is 14.1. The largest absolute Gasteiger partial charge is 0.310 e. The Hall–Kier alpha value is -0.830. The topological polar surface area (TPSA) is 29.9 Å². The Morgan fingerprint density at radius 3 is 2.57 bits per heavy atom. The van der Waals surface area contributed by atoms with E-state index in [1.807, 2.05) is 0 Å². The van der Waals surface area contributed by atoms with Crippen molar-refractivity contribution in [1.29, 1.82) is 0 Å². The Bertz CT molecular complexity index is 391. The van der Waals surface area contributed by atoms with Crippen LogP contribution in [0.2, 0.25) is 0 Å². The van der Waals surface area contributed by atoms with Gasteiger partial charge in [0.05, 0.1) is 6.20 Å². The first-order valence-corrected chi connectivity index (χ1v) is 9.04. The molecule has 1 fully saturated rings. The van der Waals surface area contributed by atoms with Crippen molar-refractivity contribution < 1.29 is 0 Å². The maximum atomic E-state index is 4.52. The summed E-state index contributed by atoms with van der Waals surface area (Å²) in [5.74, 6) is 1.77. The molecule has 0 aromatic carbocycles. The Labute approximate surface area is 130 Å². The van der Waals surface area contributed by atoms with Crippen molar-refractivity contribution in [3.05, 3.63) is 18.0 Å². The van der Waals surface area contributed by atoms with Crippen LogP contribution in [0.15, 0.2) is 12.4 Å². The maximum Gasteiger partial charge on any atom is 0.0537 e. The molecule has 0 radical (unpaired) electrons. The number of rotatable bonds is 8. The highest BCUT2D eigenvalue weighted by atomic mass is 15.3. The summed E-state index contributed by atoms with van der Waals surface area (Å²) in [4.78, 5) is 0. The van der Waals surface area contributed by atoms with Gasteiger partial charge in [0.1, 0.15) is 0 Å². The summed E-state index contributed by atoms with van der Waals surface area (Å²) in [6.07, 6.45) is 13.9. The molecular formula is C18H33N3. The average Bonchev–Trinajstić information content (AvgIpc) is 2.95. The Morgan fingerprint density at radius 1 is 1.19 bits per heavy atom. The van der Waals surface area contributed by atoms with Crippen LogP contribution in [0.4, 0.5) is 0 Å². The van der Waals surface area contributed by atoms with E-state index in [1.54, 1.807) is 0 Å². The molecule has 1 unspecified atom stereocenters. The van der Waals surface area contributed by atoms with Crippen molar-refractivity contribution in [2.24, 2.45) is 11.8 Å². The van der Waals surface area contributed by atoms with Gasteiger partial charge in [0.2, 0.25) is 0 Å². The minimum Gasteiger partial charge on any atom is -0.310 e. The van der Waals surface area contributed by atoms with E-state index < -0.39 is 0 Å². The van der Waals surface area contributed by atoms with E-state index in [0.29, 0.717) is 6.04 Å². The lowest BCUT2D eigenvalue weighted by atomic mass is 9.76. The van der Waals surface area contributed by atoms with Gasteiger partial charge in [-0.15, -0.1) is 0 Å². The number of aromatic nitrogens is 2. The summed E-state index contributed by atoms with van der Waals surface area (Å²) < 4.78 is 2.10. The molecule has 1 aromatic rings. The molecule has 0 aliphatic heterocycles. The number of hydrogen-bond donors (Lipinski definition) is 1. The molecule has 1 atom stereocenters. The van der Waals surface area contributed by atoms with Crippen LogP contribution in [0.1, 0.15) is 77.3 Å². The van der Waals surface area contributed by atoms with E-state index in [-0.39, 0.29) is 0 Å². The van der Waals surface area contributed by atoms with E-state index >= 15 is 0 Å². The molecular weight excluding hydrogens is 258 g/mol. The summed E-state index contributed by atoms with van der Waals surface area (Å²) in [6, 6.07) is 0.503. The summed E-state index contributed by atoms with van der Waals surface area (Å²) in [7, 11) is 0. The van der Waals surface area contributed by atoms with Gasteiger partial charge >= 0.3 is 0 Å². The minimum absolute atomic E-state index is 0.503. The van der Waals surface area contributed by atoms with Gasteiger partial charge in [-0.25, -0.2) is 0 Å². The van der Waals surface area contributed by atoms with Crippen LogP contribution in [0.5, 0.6) is 0 Å². The molecule has 1 aliphatic carbocycles. The fourth-order valence-electron chi connectivity index (χ4n) is 3.89. The Kier molecular flexibility index (Phi) is 6.75. The average molecular weight is 291 g/mol. The highest BCUT2D eigenvalue weighted by molar-refractivity contribution is 5.12. The molecule has 3 heteroatoms. The predicted molar refractivity (Wildman–Crippen MR) is 89.3 cm³/mol. The van der Waals surface area contributed by atoms with E-state index in [1.165, 1.54) is 44.1 Å². The molecule has 0 spiro atoms. The summed E-state index contributed by atoms with van der Waals surface area (Å²) in [5.41, 5.74) is 1.39. The molecule has 0 bridgehead atoms. The van der Waals surface area contributed by atoms with Crippen LogP contribution in [-0.4, -0.2) is 16.3 Å². The highest BCUT2D eigenvalue weighted by Gasteiger charge is 2.28. The van der Waals surface area contributed by atoms with Crippen LogP contribution in [0.25, 0.3) is 0 Å². The van der Waals surface area contributed by atoms with Gasteiger partial charge in [-0.2, -0.15) is 5.10 Å². The minimum atomic E-state index is 0.503. The van der Waals surface area contributed by atoms with Crippen LogP contribution in [-0.2, 0) is 6.54 Å². The first-order chi connectivity index (χ1) is 10.3. The molecule has 0 saturated heterocycles. The van der Waals surface area contributed by atoms with Crippen molar-refractivity contribution in [3.63, 3.8) is 0 Å². The third kappa shape index (κ3) is 4.57. The van der Waals surface area contributed by atoms with Gasteiger partial charge in [-0.05, 0) is 37.6 Å². The zero-order chi connectivity index (χ0) is 15.1. The van der Waals surface area contributed by atoms with Gasteiger partial charge in [-0.1, -0.05) is 46.5 Å². The molecule has 1 N–H and O–H groups in total. The van der Waals surface area contributed by atoms with Crippen LogP contribution in [0.3, 0.4) is 0 Å². The maximum absolute atomic E-state index is 4.52. The predicted octanol–water partition coefficient (Wildman–Crippen LogP) is 4.55. The second-order valence-electron chi connectivity index (χ2n) is 6.64. The van der Waals surface area contributed by atoms with Gasteiger partial charge < -0.3 is 5.32 Å². The quantitative estimate of drug-likeness (QED) is 0.761. The van der Waals surface area contributed by atoms with Crippen molar-refractivity contribution >= 4 is 0 Å². The Balaban J connectivity index is 1.98. The molecule has 1 saturated carbocycles. The van der Waals surface area contributed by atoms with E-state index in [9.17, 15) is 0 Å². The van der Waals surface area contributed by atoms with Crippen molar-refractivity contribution in [2.75, 3.05) is 6.54 Å². The summed E-state index contributed by atoms with van der Waals surface area (Å²) in [6.45, 7) is 8.81. The van der Waals surface area contributed by atoms with Crippen LogP contribution >= 0.6 is 0 Å². The number of hydrogen-bond acceptors (Lipinski definition) is 2. The lowest BCUT2D eigenvalue weighted by molar-refractivity contribution is 0.215. The van der Waals surface area contributed by atoms with Crippen molar-refractivity contribution in [3.8, 4) is 0 Å². The molecule has 2 rings (SSSR count). The molecule has 120 valence electrons. The molecule has 1 aromatic heterocycles. The second-order valence-corrected chi connectivity index (χ2v) is 6.64. The lowest BCUT2D eigenvalue weighted by Gasteiger charge is -2.34. The van der Waals surface area contributed by atoms with Gasteiger partial charge in [-0.3, -0.25) is 4.68 Å². The monoisotopic (exact) mass is 291 g/mol. The molecule has 1 heterocycles. The van der Waals surface area contributed by atoms with Crippen molar-refractivity contribution in [2.45, 2.75) is 78.3 Å². The SMILES string of the molecule is CCCC1CCC(C(NCC)c2cnn(CCC)c2)CC1. The van der Waals surface area contributed by atoms with E-state index in [2.05, 4.69) is 48.3 Å². The zero-order valence-electron chi connectivity index (χ0n) is 14.1. The van der Waals surface area contributed by atoms with Gasteiger partial charge in [0, 0.05) is 24.3 Å². The van der Waals surface area contributed by atoms with Crippen LogP contribution in [0, 0.1) is 11.8 Å².